The van der Waals surface area contributed by atoms with E-state index < -0.39 is 24.1 Å². The van der Waals surface area contributed by atoms with Crippen LogP contribution < -0.4 is 0 Å². The Bertz CT molecular complexity index is 355. The van der Waals surface area contributed by atoms with E-state index in [9.17, 15) is 14.4 Å². The van der Waals surface area contributed by atoms with Crippen LogP contribution in [0.2, 0.25) is 0 Å². The number of amides is 1. The van der Waals surface area contributed by atoms with Gasteiger partial charge < -0.3 is 14.6 Å². The first-order valence-electron chi connectivity index (χ1n) is 6.29. The first-order valence-corrected chi connectivity index (χ1v) is 6.29. The van der Waals surface area contributed by atoms with Gasteiger partial charge in [0, 0.05) is 12.5 Å². The lowest BCUT2D eigenvalue weighted by molar-refractivity contribution is -0.142. The Morgan fingerprint density at radius 2 is 2.05 bits per heavy atom. The van der Waals surface area contributed by atoms with Crippen molar-refractivity contribution >= 4 is 18.0 Å². The molecule has 0 radical (unpaired) electrons. The monoisotopic (exact) mass is 287 g/mol. The Kier molecular flexibility index (Phi) is 8.82. The number of hydrogen-bond donors (Lipinski definition) is 1. The van der Waals surface area contributed by atoms with Gasteiger partial charge in [-0.3, -0.25) is 14.5 Å². The van der Waals surface area contributed by atoms with E-state index in [1.807, 2.05) is 0 Å². The van der Waals surface area contributed by atoms with Crippen LogP contribution in [0.1, 0.15) is 26.2 Å². The van der Waals surface area contributed by atoms with Gasteiger partial charge in [-0.25, -0.2) is 4.79 Å². The molecule has 0 unspecified atom stereocenters. The van der Waals surface area contributed by atoms with Crippen molar-refractivity contribution in [2.75, 3.05) is 20.3 Å². The fraction of sp³-hybridized carbons (Fsp3) is 0.615. The van der Waals surface area contributed by atoms with E-state index in [0.717, 1.165) is 0 Å². The first kappa shape index (κ1) is 17.9. The molecule has 0 aromatic carbocycles. The van der Waals surface area contributed by atoms with Gasteiger partial charge in [-0.05, 0) is 12.8 Å². The molecule has 0 saturated carbocycles. The Labute approximate surface area is 118 Å². The van der Waals surface area contributed by atoms with Crippen LogP contribution >= 0.6 is 0 Å². The summed E-state index contributed by atoms with van der Waals surface area (Å²) in [4.78, 5) is 35.1. The lowest BCUT2D eigenvalue weighted by atomic mass is 10.1. The molecule has 1 atom stereocenters. The van der Waals surface area contributed by atoms with Gasteiger partial charge in [0.2, 0.25) is 0 Å². The van der Waals surface area contributed by atoms with Crippen LogP contribution in [0.5, 0.6) is 0 Å². The number of carboxylic acids is 1. The van der Waals surface area contributed by atoms with E-state index in [0.29, 0.717) is 6.42 Å². The van der Waals surface area contributed by atoms with E-state index in [1.165, 1.54) is 18.1 Å². The summed E-state index contributed by atoms with van der Waals surface area (Å²) in [5.41, 5.74) is 0. The Balaban J connectivity index is 4.84. The number of ether oxygens (including phenoxy) is 2. The lowest BCUT2D eigenvalue weighted by Gasteiger charge is -2.29. The molecule has 0 rings (SSSR count). The lowest BCUT2D eigenvalue weighted by Crippen LogP contribution is -2.44. The molecule has 0 fully saturated rings. The van der Waals surface area contributed by atoms with Crippen LogP contribution in [0.3, 0.4) is 0 Å². The van der Waals surface area contributed by atoms with E-state index in [2.05, 4.69) is 11.3 Å². The van der Waals surface area contributed by atoms with Crippen molar-refractivity contribution in [2.24, 2.45) is 0 Å². The molecule has 1 amide bonds. The number of aliphatic carboxylic acids is 1. The third-order valence-corrected chi connectivity index (χ3v) is 2.69. The largest absolute Gasteiger partial charge is 0.481 e. The Hall–Kier alpha value is -2.05. The molecule has 0 aromatic rings. The third kappa shape index (κ3) is 6.77. The highest BCUT2D eigenvalue weighted by Crippen LogP contribution is 2.13. The Morgan fingerprint density at radius 3 is 2.50 bits per heavy atom. The quantitative estimate of drug-likeness (QED) is 0.509. The number of carboxylic acid groups (broad SMARTS) is 1. The van der Waals surface area contributed by atoms with Gasteiger partial charge in [0.15, 0.2) is 0 Å². The highest BCUT2D eigenvalue weighted by atomic mass is 16.6. The highest BCUT2D eigenvalue weighted by Gasteiger charge is 2.26. The summed E-state index contributed by atoms with van der Waals surface area (Å²) in [7, 11) is 1.22. The van der Waals surface area contributed by atoms with Crippen molar-refractivity contribution in [1.29, 1.82) is 0 Å². The second-order valence-corrected chi connectivity index (χ2v) is 4.06. The molecule has 0 aliphatic heterocycles. The van der Waals surface area contributed by atoms with Gasteiger partial charge in [0.05, 0.1) is 7.11 Å². The second-order valence-electron chi connectivity index (χ2n) is 4.06. The summed E-state index contributed by atoms with van der Waals surface area (Å²) in [6, 6.07) is -0.400. The molecule has 0 aliphatic rings. The van der Waals surface area contributed by atoms with E-state index in [1.54, 1.807) is 6.92 Å². The fourth-order valence-electron chi connectivity index (χ4n) is 1.63. The topological polar surface area (TPSA) is 93.1 Å². The highest BCUT2D eigenvalue weighted by molar-refractivity contribution is 5.78. The number of methoxy groups -OCH3 is 1. The third-order valence-electron chi connectivity index (χ3n) is 2.69. The summed E-state index contributed by atoms with van der Waals surface area (Å²) >= 11 is 0. The van der Waals surface area contributed by atoms with Gasteiger partial charge in [0.1, 0.15) is 13.2 Å². The molecule has 0 spiro atoms. The van der Waals surface area contributed by atoms with Gasteiger partial charge in [-0.15, -0.1) is 0 Å². The predicted molar refractivity (Wildman–Crippen MR) is 71.2 cm³/mol. The van der Waals surface area contributed by atoms with Crippen molar-refractivity contribution in [2.45, 2.75) is 32.2 Å². The van der Waals surface area contributed by atoms with Crippen molar-refractivity contribution < 1.29 is 29.0 Å². The minimum Gasteiger partial charge on any atom is -0.481 e. The van der Waals surface area contributed by atoms with Crippen molar-refractivity contribution in [1.82, 2.24) is 4.90 Å². The summed E-state index contributed by atoms with van der Waals surface area (Å²) in [5, 5.41) is 8.71. The molecule has 20 heavy (non-hydrogen) atoms. The molecule has 0 aliphatic carbocycles. The minimum absolute atomic E-state index is 0.0197. The first-order chi connectivity index (χ1) is 9.46. The second kappa shape index (κ2) is 9.82. The van der Waals surface area contributed by atoms with Crippen LogP contribution in [0.25, 0.3) is 0 Å². The fourth-order valence-corrected chi connectivity index (χ4v) is 1.63. The standard InChI is InChI=1S/C13H21NO6/c1-4-8-20-13(18)14(9-12(17)19-3)10(5-2)6-7-11(15)16/h4,10H,1,5-9H2,2-3H3,(H,15,16)/t10-/m1/s1. The van der Waals surface area contributed by atoms with Crippen LogP contribution in [0, 0.1) is 0 Å². The summed E-state index contributed by atoms with van der Waals surface area (Å²) in [6.45, 7) is 4.98. The number of hydrogen-bond acceptors (Lipinski definition) is 5. The number of nitrogens with zero attached hydrogens (tertiary/aromatic N) is 1. The van der Waals surface area contributed by atoms with E-state index >= 15 is 0 Å². The molecule has 0 heterocycles. The molecule has 7 heteroatoms. The van der Waals surface area contributed by atoms with Crippen LogP contribution in [0.15, 0.2) is 12.7 Å². The predicted octanol–water partition coefficient (Wildman–Crippen LogP) is 1.43. The molecular formula is C13H21NO6. The SMILES string of the molecule is C=CCOC(=O)N(CC(=O)OC)[C@H](CC)CCC(=O)O. The van der Waals surface area contributed by atoms with E-state index in [4.69, 9.17) is 9.84 Å². The maximum Gasteiger partial charge on any atom is 0.410 e. The molecule has 0 aromatic heterocycles. The zero-order valence-corrected chi connectivity index (χ0v) is 11.8. The van der Waals surface area contributed by atoms with Crippen molar-refractivity contribution in [3.8, 4) is 0 Å². The molecule has 0 saturated heterocycles. The summed E-state index contributed by atoms with van der Waals surface area (Å²) in [5.74, 6) is -1.55. The number of carbonyl (C=O) groups is 3. The van der Waals surface area contributed by atoms with Gasteiger partial charge in [-0.1, -0.05) is 19.6 Å². The van der Waals surface area contributed by atoms with Gasteiger partial charge >= 0.3 is 18.0 Å². The van der Waals surface area contributed by atoms with Gasteiger partial charge in [0.25, 0.3) is 0 Å². The van der Waals surface area contributed by atoms with Crippen LogP contribution in [-0.4, -0.2) is 54.3 Å². The summed E-state index contributed by atoms with van der Waals surface area (Å²) < 4.78 is 9.43. The summed E-state index contributed by atoms with van der Waals surface area (Å²) in [6.07, 6.45) is 1.38. The Morgan fingerprint density at radius 1 is 1.40 bits per heavy atom. The molecule has 1 N–H and O–H groups in total. The zero-order valence-electron chi connectivity index (χ0n) is 11.8. The average molecular weight is 287 g/mol. The van der Waals surface area contributed by atoms with Crippen molar-refractivity contribution in [3.63, 3.8) is 0 Å². The minimum atomic E-state index is -0.957. The van der Waals surface area contributed by atoms with Crippen molar-refractivity contribution in [3.05, 3.63) is 12.7 Å². The van der Waals surface area contributed by atoms with Gasteiger partial charge in [-0.2, -0.15) is 0 Å². The molecule has 0 bridgehead atoms. The average Bonchev–Trinajstić information content (AvgIpc) is 2.43. The maximum absolute atomic E-state index is 11.9. The number of esters is 1. The van der Waals surface area contributed by atoms with E-state index in [-0.39, 0.29) is 26.0 Å². The number of carbonyl (C=O) groups excluding carboxylic acids is 2. The normalized spacial score (nSPS) is 11.3. The molecule has 114 valence electrons. The molecule has 7 nitrogen and oxygen atoms in total. The smallest absolute Gasteiger partial charge is 0.410 e. The number of rotatable bonds is 9. The van der Waals surface area contributed by atoms with Crippen LogP contribution in [-0.2, 0) is 19.1 Å². The zero-order chi connectivity index (χ0) is 15.5. The maximum atomic E-state index is 11.9. The molecular weight excluding hydrogens is 266 g/mol. The van der Waals surface area contributed by atoms with Crippen LogP contribution in [0.4, 0.5) is 4.79 Å².